The molecule has 0 saturated carbocycles. The highest BCUT2D eigenvalue weighted by Gasteiger charge is 2.21. The van der Waals surface area contributed by atoms with Crippen LogP contribution in [0.1, 0.15) is 20.8 Å². The molecule has 0 fully saturated rings. The molecule has 2 aromatic rings. The highest BCUT2D eigenvalue weighted by Crippen LogP contribution is 2.23. The van der Waals surface area contributed by atoms with E-state index in [0.717, 1.165) is 4.47 Å². The summed E-state index contributed by atoms with van der Waals surface area (Å²) < 4.78 is 27.1. The predicted molar refractivity (Wildman–Crippen MR) is 89.7 cm³/mol. The van der Waals surface area contributed by atoms with Crippen LogP contribution < -0.4 is 0 Å². The van der Waals surface area contributed by atoms with E-state index >= 15 is 0 Å². The Morgan fingerprint density at radius 1 is 1.23 bits per heavy atom. The average molecular weight is 405 g/mol. The molecular formula is C13H17BrN4O2S2. The normalized spacial score (nSPS) is 12.5. The van der Waals surface area contributed by atoms with Gasteiger partial charge >= 0.3 is 0 Å². The molecule has 6 nitrogen and oxygen atoms in total. The Kier molecular flexibility index (Phi) is 5.29. The van der Waals surface area contributed by atoms with Crippen molar-refractivity contribution in [3.05, 3.63) is 28.7 Å². The minimum atomic E-state index is -3.30. The molecular weight excluding hydrogens is 388 g/mol. The Balaban J connectivity index is 2.02. The van der Waals surface area contributed by atoms with Gasteiger partial charge in [0.25, 0.3) is 0 Å². The lowest BCUT2D eigenvalue weighted by atomic mass is 10.1. The zero-order valence-electron chi connectivity index (χ0n) is 12.5. The summed E-state index contributed by atoms with van der Waals surface area (Å²) in [5.41, 5.74) is -0.240. The van der Waals surface area contributed by atoms with Gasteiger partial charge in [-0.25, -0.2) is 13.1 Å². The molecule has 0 N–H and O–H groups in total. The summed E-state index contributed by atoms with van der Waals surface area (Å²) in [6, 6.07) is 6.65. The van der Waals surface area contributed by atoms with E-state index in [1.807, 2.05) is 20.8 Å². The number of sulfone groups is 1. The zero-order valence-corrected chi connectivity index (χ0v) is 15.7. The van der Waals surface area contributed by atoms with Crippen molar-refractivity contribution in [2.45, 2.75) is 36.4 Å². The quantitative estimate of drug-likeness (QED) is 0.712. The van der Waals surface area contributed by atoms with Crippen LogP contribution in [0.2, 0.25) is 0 Å². The van der Waals surface area contributed by atoms with Crippen molar-refractivity contribution in [3.8, 4) is 0 Å². The molecule has 0 amide bonds. The van der Waals surface area contributed by atoms with Crippen LogP contribution in [0.5, 0.6) is 0 Å². The molecule has 1 heterocycles. The first-order chi connectivity index (χ1) is 10.2. The Morgan fingerprint density at radius 3 is 2.45 bits per heavy atom. The van der Waals surface area contributed by atoms with Crippen LogP contribution in [0.3, 0.4) is 0 Å². The average Bonchev–Trinajstić information content (AvgIpc) is 2.87. The van der Waals surface area contributed by atoms with E-state index in [9.17, 15) is 8.42 Å². The minimum absolute atomic E-state index is 0.0380. The molecule has 0 saturated heterocycles. The maximum Gasteiger partial charge on any atom is 0.209 e. The van der Waals surface area contributed by atoms with E-state index in [0.29, 0.717) is 15.8 Å². The molecule has 22 heavy (non-hydrogen) atoms. The van der Waals surface area contributed by atoms with Gasteiger partial charge in [0.2, 0.25) is 5.16 Å². The van der Waals surface area contributed by atoms with E-state index < -0.39 is 9.84 Å². The molecule has 1 aromatic heterocycles. The summed E-state index contributed by atoms with van der Waals surface area (Å²) in [4.78, 5) is 0.326. The first-order valence-electron chi connectivity index (χ1n) is 6.60. The summed E-state index contributed by atoms with van der Waals surface area (Å²) in [7, 11) is -3.30. The summed E-state index contributed by atoms with van der Waals surface area (Å²) in [6.45, 7) is 5.98. The van der Waals surface area contributed by atoms with Crippen LogP contribution >= 0.6 is 27.7 Å². The van der Waals surface area contributed by atoms with Crippen molar-refractivity contribution in [2.24, 2.45) is 0 Å². The zero-order chi connectivity index (χ0) is 16.4. The number of halogens is 1. The fourth-order valence-electron chi connectivity index (χ4n) is 1.69. The van der Waals surface area contributed by atoms with Crippen LogP contribution in [-0.4, -0.2) is 40.1 Å². The van der Waals surface area contributed by atoms with Crippen molar-refractivity contribution in [2.75, 3.05) is 11.5 Å². The minimum Gasteiger partial charge on any atom is -0.224 e. The molecule has 2 rings (SSSR count). The lowest BCUT2D eigenvalue weighted by Gasteiger charge is -2.19. The van der Waals surface area contributed by atoms with Crippen molar-refractivity contribution in [1.82, 2.24) is 20.2 Å². The smallest absolute Gasteiger partial charge is 0.209 e. The van der Waals surface area contributed by atoms with E-state index in [1.54, 1.807) is 28.9 Å². The van der Waals surface area contributed by atoms with Crippen molar-refractivity contribution in [3.63, 3.8) is 0 Å². The first kappa shape index (κ1) is 17.4. The molecule has 0 aliphatic heterocycles. The second-order valence-corrected chi connectivity index (χ2v) is 9.75. The van der Waals surface area contributed by atoms with E-state index in [4.69, 9.17) is 0 Å². The number of nitrogens with zero attached hydrogens (tertiary/aromatic N) is 4. The van der Waals surface area contributed by atoms with E-state index in [2.05, 4.69) is 31.5 Å². The number of tetrazole rings is 1. The van der Waals surface area contributed by atoms with Crippen molar-refractivity contribution in [1.29, 1.82) is 0 Å². The van der Waals surface area contributed by atoms with Gasteiger partial charge in [0.05, 0.1) is 16.2 Å². The molecule has 0 aliphatic rings. The fourth-order valence-corrected chi connectivity index (χ4v) is 4.66. The Hall–Kier alpha value is -0.930. The van der Waals surface area contributed by atoms with Gasteiger partial charge in [-0.15, -0.1) is 5.10 Å². The molecule has 9 heteroatoms. The lowest BCUT2D eigenvalue weighted by molar-refractivity contribution is 0.321. The molecule has 0 spiro atoms. The standard InChI is InChI=1S/C13H17BrN4O2S2/c1-13(2,3)18-12(15-16-17-18)21-8-9-22(19,20)11-6-4-10(14)5-7-11/h4-7H,8-9H2,1-3H3. The number of hydrogen-bond acceptors (Lipinski definition) is 6. The van der Waals surface area contributed by atoms with Gasteiger partial charge in [-0.3, -0.25) is 0 Å². The third-order valence-corrected chi connectivity index (χ3v) is 6.27. The monoisotopic (exact) mass is 404 g/mol. The molecule has 0 atom stereocenters. The van der Waals surface area contributed by atoms with Gasteiger partial charge in [-0.05, 0) is 55.5 Å². The van der Waals surface area contributed by atoms with Crippen LogP contribution in [-0.2, 0) is 15.4 Å². The van der Waals surface area contributed by atoms with Crippen molar-refractivity contribution < 1.29 is 8.42 Å². The van der Waals surface area contributed by atoms with Gasteiger partial charge in [0.15, 0.2) is 9.84 Å². The van der Waals surface area contributed by atoms with Crippen LogP contribution in [0, 0.1) is 0 Å². The molecule has 0 bridgehead atoms. The number of thioether (sulfide) groups is 1. The van der Waals surface area contributed by atoms with Crippen LogP contribution in [0.15, 0.2) is 38.8 Å². The molecule has 1 aromatic carbocycles. The first-order valence-corrected chi connectivity index (χ1v) is 10.0. The highest BCUT2D eigenvalue weighted by molar-refractivity contribution is 9.10. The summed E-state index contributed by atoms with van der Waals surface area (Å²) in [5, 5.41) is 12.2. The highest BCUT2D eigenvalue weighted by atomic mass is 79.9. The van der Waals surface area contributed by atoms with E-state index in [-0.39, 0.29) is 11.3 Å². The molecule has 120 valence electrons. The topological polar surface area (TPSA) is 77.7 Å². The van der Waals surface area contributed by atoms with Crippen molar-refractivity contribution >= 4 is 37.5 Å². The molecule has 0 aliphatic carbocycles. The number of rotatable bonds is 5. The van der Waals surface area contributed by atoms with Crippen LogP contribution in [0.25, 0.3) is 0 Å². The summed E-state index contributed by atoms with van der Waals surface area (Å²) in [5.74, 6) is 0.436. The lowest BCUT2D eigenvalue weighted by Crippen LogP contribution is -2.24. The Morgan fingerprint density at radius 2 is 1.86 bits per heavy atom. The second-order valence-electron chi connectivity index (χ2n) is 5.67. The van der Waals surface area contributed by atoms with Gasteiger partial charge in [0, 0.05) is 10.2 Å². The van der Waals surface area contributed by atoms with Gasteiger partial charge in [-0.1, -0.05) is 27.7 Å². The summed E-state index contributed by atoms with van der Waals surface area (Å²) in [6.07, 6.45) is 0. The maximum atomic E-state index is 12.3. The van der Waals surface area contributed by atoms with Gasteiger partial charge < -0.3 is 0 Å². The largest absolute Gasteiger partial charge is 0.224 e. The maximum absolute atomic E-state index is 12.3. The molecule has 0 radical (unpaired) electrons. The third-order valence-electron chi connectivity index (χ3n) is 2.83. The predicted octanol–water partition coefficient (Wildman–Crippen LogP) is 2.76. The number of benzene rings is 1. The van der Waals surface area contributed by atoms with E-state index in [1.165, 1.54) is 11.8 Å². The Labute approximate surface area is 142 Å². The fraction of sp³-hybridized carbons (Fsp3) is 0.462. The van der Waals surface area contributed by atoms with Gasteiger partial charge in [0.1, 0.15) is 0 Å². The number of aromatic nitrogens is 4. The number of hydrogen-bond donors (Lipinski definition) is 0. The molecule has 0 unspecified atom stereocenters. The third kappa shape index (κ3) is 4.30. The SMILES string of the molecule is CC(C)(C)n1nnnc1SCCS(=O)(=O)c1ccc(Br)cc1. The second kappa shape index (κ2) is 6.67. The van der Waals surface area contributed by atoms with Gasteiger partial charge in [-0.2, -0.15) is 0 Å². The summed E-state index contributed by atoms with van der Waals surface area (Å²) >= 11 is 4.64. The van der Waals surface area contributed by atoms with Crippen LogP contribution in [0.4, 0.5) is 0 Å². The Bertz CT molecular complexity index is 736.